The van der Waals surface area contributed by atoms with Crippen molar-refractivity contribution in [1.29, 1.82) is 0 Å². The second-order valence-electron chi connectivity index (χ2n) is 6.46. The van der Waals surface area contributed by atoms with E-state index in [0.29, 0.717) is 17.9 Å². The van der Waals surface area contributed by atoms with Crippen LogP contribution >= 0.6 is 0 Å². The number of hydrogen-bond acceptors (Lipinski definition) is 5. The van der Waals surface area contributed by atoms with E-state index in [1.54, 1.807) is 19.3 Å². The number of nitrogens with zero attached hydrogens (tertiary/aromatic N) is 4. The Bertz CT molecular complexity index is 891. The quantitative estimate of drug-likeness (QED) is 0.874. The van der Waals surface area contributed by atoms with E-state index in [4.69, 9.17) is 0 Å². The van der Waals surface area contributed by atoms with E-state index >= 15 is 0 Å². The molecule has 1 aliphatic heterocycles. The third-order valence-electron chi connectivity index (χ3n) is 4.77. The van der Waals surface area contributed by atoms with Gasteiger partial charge >= 0.3 is 5.69 Å². The van der Waals surface area contributed by atoms with Crippen molar-refractivity contribution >= 4 is 5.82 Å². The van der Waals surface area contributed by atoms with Crippen LogP contribution in [0.5, 0.6) is 0 Å². The van der Waals surface area contributed by atoms with Crippen molar-refractivity contribution in [2.75, 3.05) is 18.0 Å². The average Bonchev–Trinajstić information content (AvgIpc) is 3.04. The Hall–Kier alpha value is -2.48. The molecule has 7 nitrogen and oxygen atoms in total. The van der Waals surface area contributed by atoms with Crippen molar-refractivity contribution < 1.29 is 4.39 Å². The molecule has 1 saturated heterocycles. The molecule has 0 amide bonds. The zero-order chi connectivity index (χ0) is 18.1. The molecule has 1 N–H and O–H groups in total. The number of nitrogens with one attached hydrogen (secondary N) is 1. The van der Waals surface area contributed by atoms with E-state index in [9.17, 15) is 14.0 Å². The highest BCUT2D eigenvalue weighted by Crippen LogP contribution is 2.21. The maximum Gasteiger partial charge on any atom is 0.332 e. The van der Waals surface area contributed by atoms with E-state index < -0.39 is 0 Å². The summed E-state index contributed by atoms with van der Waals surface area (Å²) in [5.74, 6) is 0.284. The Labute approximate surface area is 144 Å². The molecule has 2 aromatic heterocycles. The van der Waals surface area contributed by atoms with Crippen LogP contribution < -0.4 is 21.5 Å². The first kappa shape index (κ1) is 17.3. The second-order valence-corrected chi connectivity index (χ2v) is 6.46. The number of hydrogen-bond donors (Lipinski definition) is 1. The molecule has 0 spiro atoms. The normalized spacial score (nSPS) is 18.6. The van der Waals surface area contributed by atoms with Gasteiger partial charge in [-0.3, -0.25) is 18.9 Å². The largest absolute Gasteiger partial charge is 0.356 e. The van der Waals surface area contributed by atoms with Crippen LogP contribution in [0.15, 0.2) is 34.1 Å². The smallest absolute Gasteiger partial charge is 0.332 e. The lowest BCUT2D eigenvalue weighted by Gasteiger charge is -2.23. The SMILES string of the molecule is CC(N[C@@H]1CCN(c2cc(=O)n(C)c(=O)n2C)C1)c1ccncc1F. The summed E-state index contributed by atoms with van der Waals surface area (Å²) < 4.78 is 16.4. The number of pyridine rings is 1. The lowest BCUT2D eigenvalue weighted by atomic mass is 10.1. The van der Waals surface area contributed by atoms with Crippen molar-refractivity contribution in [3.63, 3.8) is 0 Å². The first-order valence-electron chi connectivity index (χ1n) is 8.26. The highest BCUT2D eigenvalue weighted by atomic mass is 19.1. The third-order valence-corrected chi connectivity index (χ3v) is 4.77. The molecule has 0 aliphatic carbocycles. The van der Waals surface area contributed by atoms with Crippen LogP contribution in [0.4, 0.5) is 10.2 Å². The lowest BCUT2D eigenvalue weighted by molar-refractivity contribution is 0.462. The number of aromatic nitrogens is 3. The Morgan fingerprint density at radius 1 is 1.32 bits per heavy atom. The highest BCUT2D eigenvalue weighted by Gasteiger charge is 2.26. The van der Waals surface area contributed by atoms with Crippen molar-refractivity contribution in [3.05, 3.63) is 56.7 Å². The van der Waals surface area contributed by atoms with E-state index in [1.165, 1.54) is 23.9 Å². The fraction of sp³-hybridized carbons (Fsp3) is 0.471. The molecule has 1 fully saturated rings. The van der Waals surface area contributed by atoms with Gasteiger partial charge in [0.15, 0.2) is 0 Å². The number of anilines is 1. The molecule has 3 rings (SSSR count). The molecule has 1 unspecified atom stereocenters. The summed E-state index contributed by atoms with van der Waals surface area (Å²) >= 11 is 0. The van der Waals surface area contributed by atoms with Gasteiger partial charge in [-0.2, -0.15) is 0 Å². The minimum absolute atomic E-state index is 0.140. The van der Waals surface area contributed by atoms with Gasteiger partial charge in [-0.15, -0.1) is 0 Å². The zero-order valence-electron chi connectivity index (χ0n) is 14.6. The molecule has 2 atom stereocenters. The van der Waals surface area contributed by atoms with Gasteiger partial charge in [0.1, 0.15) is 11.6 Å². The Morgan fingerprint density at radius 3 is 2.80 bits per heavy atom. The first-order chi connectivity index (χ1) is 11.9. The molecule has 25 heavy (non-hydrogen) atoms. The minimum Gasteiger partial charge on any atom is -0.356 e. The molecule has 0 saturated carbocycles. The predicted molar refractivity (Wildman–Crippen MR) is 93.3 cm³/mol. The topological polar surface area (TPSA) is 72.2 Å². The summed E-state index contributed by atoms with van der Waals surface area (Å²) in [5.41, 5.74) is -0.0812. The standard InChI is InChI=1S/C17H22FN5O2/c1-11(13-4-6-19-9-14(13)18)20-12-5-7-23(10-12)15-8-16(24)22(3)17(25)21(15)2/h4,6,8-9,11-12,20H,5,7,10H2,1-3H3/t11?,12-/m1/s1. The van der Waals surface area contributed by atoms with Crippen LogP contribution in [0.1, 0.15) is 24.9 Å². The van der Waals surface area contributed by atoms with Crippen LogP contribution in [-0.4, -0.2) is 33.2 Å². The summed E-state index contributed by atoms with van der Waals surface area (Å²) in [7, 11) is 3.13. The van der Waals surface area contributed by atoms with E-state index in [0.717, 1.165) is 17.5 Å². The van der Waals surface area contributed by atoms with Crippen molar-refractivity contribution in [3.8, 4) is 0 Å². The van der Waals surface area contributed by atoms with Gasteiger partial charge in [-0.25, -0.2) is 9.18 Å². The summed E-state index contributed by atoms with van der Waals surface area (Å²) in [4.78, 5) is 29.8. The fourth-order valence-corrected chi connectivity index (χ4v) is 3.31. The number of halogens is 1. The third kappa shape index (κ3) is 3.34. The number of rotatable bonds is 4. The Kier molecular flexibility index (Phi) is 4.71. The zero-order valence-corrected chi connectivity index (χ0v) is 14.6. The van der Waals surface area contributed by atoms with Crippen LogP contribution in [0.2, 0.25) is 0 Å². The van der Waals surface area contributed by atoms with Crippen LogP contribution in [0.3, 0.4) is 0 Å². The van der Waals surface area contributed by atoms with E-state index in [1.807, 2.05) is 11.8 Å². The van der Waals surface area contributed by atoms with Gasteiger partial charge in [0.25, 0.3) is 5.56 Å². The second kappa shape index (κ2) is 6.79. The molecule has 1 aliphatic rings. The predicted octanol–water partition coefficient (Wildman–Crippen LogP) is 0.548. The van der Waals surface area contributed by atoms with Gasteiger partial charge < -0.3 is 10.2 Å². The molecule has 0 radical (unpaired) electrons. The molecule has 0 aromatic carbocycles. The molecule has 3 heterocycles. The molecule has 134 valence electrons. The van der Waals surface area contributed by atoms with Gasteiger partial charge in [-0.1, -0.05) is 0 Å². The van der Waals surface area contributed by atoms with Crippen LogP contribution in [-0.2, 0) is 14.1 Å². The maximum absolute atomic E-state index is 13.8. The van der Waals surface area contributed by atoms with Crippen LogP contribution in [0, 0.1) is 5.82 Å². The molecule has 8 heteroatoms. The molecular weight excluding hydrogens is 325 g/mol. The van der Waals surface area contributed by atoms with Crippen LogP contribution in [0.25, 0.3) is 0 Å². The fourth-order valence-electron chi connectivity index (χ4n) is 3.31. The summed E-state index contributed by atoms with van der Waals surface area (Å²) in [6.07, 6.45) is 3.64. The maximum atomic E-state index is 13.8. The van der Waals surface area contributed by atoms with Crippen molar-refractivity contribution in [2.24, 2.45) is 14.1 Å². The minimum atomic E-state index is -0.342. The highest BCUT2D eigenvalue weighted by molar-refractivity contribution is 5.40. The Morgan fingerprint density at radius 2 is 2.08 bits per heavy atom. The Balaban J connectivity index is 1.74. The van der Waals surface area contributed by atoms with Gasteiger partial charge in [-0.05, 0) is 19.4 Å². The molecule has 0 bridgehead atoms. The van der Waals surface area contributed by atoms with Crippen molar-refractivity contribution in [2.45, 2.75) is 25.4 Å². The lowest BCUT2D eigenvalue weighted by Crippen LogP contribution is -2.41. The summed E-state index contributed by atoms with van der Waals surface area (Å²) in [5, 5.41) is 3.42. The average molecular weight is 347 g/mol. The first-order valence-corrected chi connectivity index (χ1v) is 8.26. The van der Waals surface area contributed by atoms with Gasteiger partial charge in [0.2, 0.25) is 0 Å². The van der Waals surface area contributed by atoms with Gasteiger partial charge in [0, 0.05) is 57.1 Å². The summed E-state index contributed by atoms with van der Waals surface area (Å²) in [6.45, 7) is 3.29. The van der Waals surface area contributed by atoms with E-state index in [2.05, 4.69) is 10.3 Å². The van der Waals surface area contributed by atoms with E-state index in [-0.39, 0.29) is 29.1 Å². The van der Waals surface area contributed by atoms with Crippen molar-refractivity contribution in [1.82, 2.24) is 19.4 Å². The summed E-state index contributed by atoms with van der Waals surface area (Å²) in [6, 6.07) is 3.14. The molecule has 2 aromatic rings. The van der Waals surface area contributed by atoms with Gasteiger partial charge in [0.05, 0.1) is 6.20 Å². The molecular formula is C17H22FN5O2. The monoisotopic (exact) mass is 347 g/mol.